The van der Waals surface area contributed by atoms with E-state index in [0.29, 0.717) is 24.4 Å². The van der Waals surface area contributed by atoms with E-state index in [1.165, 1.54) is 0 Å². The van der Waals surface area contributed by atoms with Gasteiger partial charge in [0.1, 0.15) is 11.8 Å². The average Bonchev–Trinajstić information content (AvgIpc) is 2.94. The number of anilines is 1. The Morgan fingerprint density at radius 2 is 2.20 bits per heavy atom. The van der Waals surface area contributed by atoms with Gasteiger partial charge in [0.2, 0.25) is 5.76 Å². The Morgan fingerprint density at radius 3 is 2.90 bits per heavy atom. The van der Waals surface area contributed by atoms with Crippen molar-refractivity contribution >= 4 is 11.6 Å². The summed E-state index contributed by atoms with van der Waals surface area (Å²) in [7, 11) is 0. The summed E-state index contributed by atoms with van der Waals surface area (Å²) in [6, 6.07) is 12.5. The molecule has 5 nitrogen and oxygen atoms in total. The van der Waals surface area contributed by atoms with Crippen molar-refractivity contribution < 1.29 is 9.21 Å². The Hall–Kier alpha value is -2.74. The van der Waals surface area contributed by atoms with Gasteiger partial charge in [0, 0.05) is 17.8 Å². The van der Waals surface area contributed by atoms with Gasteiger partial charge in [-0.1, -0.05) is 6.07 Å². The summed E-state index contributed by atoms with van der Waals surface area (Å²) < 4.78 is 5.27. The summed E-state index contributed by atoms with van der Waals surface area (Å²) in [6.07, 6.45) is 0. The highest BCUT2D eigenvalue weighted by Gasteiger charge is 2.05. The standard InChI is InChI=1S/C15H15N3O2/c1-2-17-15(19)11-4-3-5-12(8-11)18-10-14-7-6-13(9-16)20-14/h3-8,18H,2,10H2,1H3,(H,17,19). The highest BCUT2D eigenvalue weighted by Crippen LogP contribution is 2.13. The second-order valence-electron chi connectivity index (χ2n) is 4.17. The van der Waals surface area contributed by atoms with E-state index in [0.717, 1.165) is 5.69 Å². The fraction of sp³-hybridized carbons (Fsp3) is 0.200. The first-order chi connectivity index (χ1) is 9.72. The monoisotopic (exact) mass is 269 g/mol. The minimum absolute atomic E-state index is 0.0964. The lowest BCUT2D eigenvalue weighted by molar-refractivity contribution is 0.0956. The molecule has 2 N–H and O–H groups in total. The molecule has 2 aromatic rings. The van der Waals surface area contributed by atoms with Crippen LogP contribution in [0, 0.1) is 11.3 Å². The highest BCUT2D eigenvalue weighted by molar-refractivity contribution is 5.95. The fourth-order valence-electron chi connectivity index (χ4n) is 1.76. The van der Waals surface area contributed by atoms with Crippen LogP contribution in [0.25, 0.3) is 0 Å². The van der Waals surface area contributed by atoms with E-state index in [4.69, 9.17) is 9.68 Å². The van der Waals surface area contributed by atoms with Crippen LogP contribution < -0.4 is 10.6 Å². The molecule has 0 aliphatic carbocycles. The summed E-state index contributed by atoms with van der Waals surface area (Å²) in [5, 5.41) is 14.6. The molecule has 0 saturated carbocycles. The predicted octanol–water partition coefficient (Wildman–Crippen LogP) is 2.51. The number of nitrogens with one attached hydrogen (secondary N) is 2. The largest absolute Gasteiger partial charge is 0.449 e. The van der Waals surface area contributed by atoms with E-state index >= 15 is 0 Å². The lowest BCUT2D eigenvalue weighted by Gasteiger charge is -2.07. The van der Waals surface area contributed by atoms with Gasteiger partial charge in [-0.3, -0.25) is 4.79 Å². The molecule has 5 heteroatoms. The molecule has 20 heavy (non-hydrogen) atoms. The van der Waals surface area contributed by atoms with Crippen molar-refractivity contribution in [2.45, 2.75) is 13.5 Å². The maximum Gasteiger partial charge on any atom is 0.251 e. The summed E-state index contributed by atoms with van der Waals surface area (Å²) in [5.41, 5.74) is 1.43. The summed E-state index contributed by atoms with van der Waals surface area (Å²) in [4.78, 5) is 11.7. The molecule has 0 aliphatic rings. The van der Waals surface area contributed by atoms with Crippen LogP contribution in [-0.2, 0) is 6.54 Å². The van der Waals surface area contributed by atoms with Crippen LogP contribution in [0.5, 0.6) is 0 Å². The molecule has 0 fully saturated rings. The predicted molar refractivity (Wildman–Crippen MR) is 75.2 cm³/mol. The molecule has 0 saturated heterocycles. The van der Waals surface area contributed by atoms with E-state index in [-0.39, 0.29) is 11.7 Å². The minimum atomic E-state index is -0.0964. The van der Waals surface area contributed by atoms with Gasteiger partial charge < -0.3 is 15.1 Å². The molecule has 0 radical (unpaired) electrons. The SMILES string of the molecule is CCNC(=O)c1cccc(NCc2ccc(C#N)o2)c1. The summed E-state index contributed by atoms with van der Waals surface area (Å²) in [5.74, 6) is 0.865. The third kappa shape index (κ3) is 3.39. The Morgan fingerprint density at radius 1 is 1.35 bits per heavy atom. The van der Waals surface area contributed by atoms with Gasteiger partial charge in [-0.2, -0.15) is 5.26 Å². The van der Waals surface area contributed by atoms with Crippen molar-refractivity contribution in [1.82, 2.24) is 5.32 Å². The lowest BCUT2D eigenvalue weighted by Crippen LogP contribution is -2.22. The Kier molecular flexibility index (Phi) is 4.40. The van der Waals surface area contributed by atoms with Gasteiger partial charge in [-0.15, -0.1) is 0 Å². The lowest BCUT2D eigenvalue weighted by atomic mass is 10.2. The van der Waals surface area contributed by atoms with Gasteiger partial charge in [0.25, 0.3) is 5.91 Å². The number of nitriles is 1. The molecule has 0 aliphatic heterocycles. The first-order valence-corrected chi connectivity index (χ1v) is 6.34. The molecular weight excluding hydrogens is 254 g/mol. The second kappa shape index (κ2) is 6.43. The van der Waals surface area contributed by atoms with Crippen LogP contribution in [-0.4, -0.2) is 12.5 Å². The molecular formula is C15H15N3O2. The molecule has 102 valence electrons. The molecule has 1 aromatic heterocycles. The molecule has 0 atom stereocenters. The quantitative estimate of drug-likeness (QED) is 0.874. The third-order valence-electron chi connectivity index (χ3n) is 2.70. The van der Waals surface area contributed by atoms with Crippen LogP contribution in [0.3, 0.4) is 0 Å². The zero-order valence-electron chi connectivity index (χ0n) is 11.1. The van der Waals surface area contributed by atoms with Crippen LogP contribution >= 0.6 is 0 Å². The third-order valence-corrected chi connectivity index (χ3v) is 2.70. The summed E-state index contributed by atoms with van der Waals surface area (Å²) >= 11 is 0. The zero-order chi connectivity index (χ0) is 14.4. The van der Waals surface area contributed by atoms with Crippen molar-refractivity contribution in [3.05, 3.63) is 53.5 Å². The Balaban J connectivity index is 2.01. The topological polar surface area (TPSA) is 78.1 Å². The molecule has 1 amide bonds. The minimum Gasteiger partial charge on any atom is -0.449 e. The Bertz CT molecular complexity index is 641. The zero-order valence-corrected chi connectivity index (χ0v) is 11.1. The van der Waals surface area contributed by atoms with Gasteiger partial charge in [0.15, 0.2) is 0 Å². The van der Waals surface area contributed by atoms with Gasteiger partial charge >= 0.3 is 0 Å². The maximum absolute atomic E-state index is 11.7. The van der Waals surface area contributed by atoms with Crippen LogP contribution in [0.4, 0.5) is 5.69 Å². The van der Waals surface area contributed by atoms with Crippen molar-refractivity contribution in [3.8, 4) is 6.07 Å². The van der Waals surface area contributed by atoms with Crippen molar-refractivity contribution in [1.29, 1.82) is 5.26 Å². The van der Waals surface area contributed by atoms with Crippen LogP contribution in [0.1, 0.15) is 28.8 Å². The number of benzene rings is 1. The van der Waals surface area contributed by atoms with E-state index < -0.39 is 0 Å². The number of furan rings is 1. The first-order valence-electron chi connectivity index (χ1n) is 6.34. The van der Waals surface area contributed by atoms with E-state index in [1.54, 1.807) is 24.3 Å². The second-order valence-corrected chi connectivity index (χ2v) is 4.17. The number of hydrogen-bond donors (Lipinski definition) is 2. The number of rotatable bonds is 5. The van der Waals surface area contributed by atoms with E-state index in [1.807, 2.05) is 25.1 Å². The fourth-order valence-corrected chi connectivity index (χ4v) is 1.76. The van der Waals surface area contributed by atoms with Gasteiger partial charge in [0.05, 0.1) is 6.54 Å². The molecule has 2 rings (SSSR count). The normalized spacial score (nSPS) is 9.80. The number of carbonyl (C=O) groups is 1. The molecule has 0 bridgehead atoms. The van der Waals surface area contributed by atoms with Crippen LogP contribution in [0.15, 0.2) is 40.8 Å². The van der Waals surface area contributed by atoms with Gasteiger partial charge in [-0.25, -0.2) is 0 Å². The first kappa shape index (κ1) is 13.7. The number of hydrogen-bond acceptors (Lipinski definition) is 4. The Labute approximate surface area is 117 Å². The van der Waals surface area contributed by atoms with Crippen LogP contribution in [0.2, 0.25) is 0 Å². The average molecular weight is 269 g/mol. The summed E-state index contributed by atoms with van der Waals surface area (Å²) in [6.45, 7) is 2.93. The number of carbonyl (C=O) groups excluding carboxylic acids is 1. The molecule has 0 unspecified atom stereocenters. The van der Waals surface area contributed by atoms with E-state index in [9.17, 15) is 4.79 Å². The van der Waals surface area contributed by atoms with Gasteiger partial charge in [-0.05, 0) is 37.3 Å². The maximum atomic E-state index is 11.7. The highest BCUT2D eigenvalue weighted by atomic mass is 16.3. The van der Waals surface area contributed by atoms with E-state index in [2.05, 4.69) is 10.6 Å². The number of amides is 1. The molecule has 1 heterocycles. The van der Waals surface area contributed by atoms with Crippen molar-refractivity contribution in [2.75, 3.05) is 11.9 Å². The smallest absolute Gasteiger partial charge is 0.251 e. The van der Waals surface area contributed by atoms with Crippen molar-refractivity contribution in [3.63, 3.8) is 0 Å². The number of nitrogens with zero attached hydrogens (tertiary/aromatic N) is 1. The van der Waals surface area contributed by atoms with Crippen molar-refractivity contribution in [2.24, 2.45) is 0 Å². The molecule has 1 aromatic carbocycles. The molecule has 0 spiro atoms.